The van der Waals surface area contributed by atoms with Crippen molar-refractivity contribution in [1.29, 1.82) is 0 Å². The van der Waals surface area contributed by atoms with E-state index in [0.717, 1.165) is 45.1 Å². The summed E-state index contributed by atoms with van der Waals surface area (Å²) >= 11 is 0. The molecule has 0 rings (SSSR count). The molecular weight excluding hydrogens is 240 g/mol. The van der Waals surface area contributed by atoms with Gasteiger partial charge >= 0.3 is 0 Å². The van der Waals surface area contributed by atoms with Gasteiger partial charge in [0.2, 0.25) is 11.8 Å². The van der Waals surface area contributed by atoms with E-state index in [1.54, 1.807) is 6.08 Å². The Morgan fingerprint density at radius 3 is 2.21 bits per heavy atom. The molecular formula is C15H28N2O2. The van der Waals surface area contributed by atoms with Crippen molar-refractivity contribution in [3.05, 3.63) is 12.7 Å². The van der Waals surface area contributed by atoms with Crippen molar-refractivity contribution in [2.45, 2.75) is 58.3 Å². The van der Waals surface area contributed by atoms with Crippen molar-refractivity contribution in [3.8, 4) is 0 Å². The Labute approximate surface area is 117 Å². The highest BCUT2D eigenvalue weighted by atomic mass is 16.2. The summed E-state index contributed by atoms with van der Waals surface area (Å²) in [6.07, 6.45) is 8.88. The predicted molar refractivity (Wildman–Crippen MR) is 78.8 cm³/mol. The second-order valence-electron chi connectivity index (χ2n) is 4.71. The molecule has 0 aliphatic carbocycles. The third-order valence-electron chi connectivity index (χ3n) is 2.85. The van der Waals surface area contributed by atoms with Crippen LogP contribution in [0.1, 0.15) is 58.3 Å². The number of amides is 2. The van der Waals surface area contributed by atoms with Crippen LogP contribution < -0.4 is 10.6 Å². The standard InChI is InChI=1S/C15H28N2O2/c1-3-5-7-10-15(19)17-13-9-6-8-11-14(18)16-12-4-2/h4H,2-3,5-13H2,1H3,(H,16,18)(H,17,19). The topological polar surface area (TPSA) is 58.2 Å². The summed E-state index contributed by atoms with van der Waals surface area (Å²) in [6, 6.07) is 0. The SMILES string of the molecule is C=CCNC(=O)CCCCCNC(=O)CCCCC. The molecule has 0 unspecified atom stereocenters. The van der Waals surface area contributed by atoms with Crippen LogP contribution in [0.4, 0.5) is 0 Å². The van der Waals surface area contributed by atoms with Crippen LogP contribution in [0, 0.1) is 0 Å². The molecule has 4 heteroatoms. The van der Waals surface area contributed by atoms with Gasteiger partial charge in [0, 0.05) is 25.9 Å². The van der Waals surface area contributed by atoms with Gasteiger partial charge in [-0.2, -0.15) is 0 Å². The Hall–Kier alpha value is -1.32. The van der Waals surface area contributed by atoms with Gasteiger partial charge in [0.25, 0.3) is 0 Å². The zero-order valence-corrected chi connectivity index (χ0v) is 12.2. The van der Waals surface area contributed by atoms with Crippen molar-refractivity contribution in [3.63, 3.8) is 0 Å². The van der Waals surface area contributed by atoms with Crippen LogP contribution in [0.3, 0.4) is 0 Å². The normalized spacial score (nSPS) is 9.95. The number of unbranched alkanes of at least 4 members (excludes halogenated alkanes) is 4. The maximum atomic E-state index is 11.4. The fourth-order valence-corrected chi connectivity index (χ4v) is 1.71. The first kappa shape index (κ1) is 17.7. The highest BCUT2D eigenvalue weighted by Crippen LogP contribution is 2.00. The lowest BCUT2D eigenvalue weighted by atomic mass is 10.1. The molecule has 0 aromatic carbocycles. The van der Waals surface area contributed by atoms with Crippen LogP contribution >= 0.6 is 0 Å². The van der Waals surface area contributed by atoms with Crippen molar-refractivity contribution in [2.24, 2.45) is 0 Å². The molecule has 0 spiro atoms. The molecule has 0 bridgehead atoms. The second kappa shape index (κ2) is 13.1. The van der Waals surface area contributed by atoms with Crippen molar-refractivity contribution < 1.29 is 9.59 Å². The van der Waals surface area contributed by atoms with Gasteiger partial charge in [-0.1, -0.05) is 32.3 Å². The first-order valence-corrected chi connectivity index (χ1v) is 7.35. The Bertz CT molecular complexity index is 265. The summed E-state index contributed by atoms with van der Waals surface area (Å²) in [5.74, 6) is 0.223. The number of carbonyl (C=O) groups excluding carboxylic acids is 2. The predicted octanol–water partition coefficient (Wildman–Crippen LogP) is 2.55. The lowest BCUT2D eigenvalue weighted by molar-refractivity contribution is -0.122. The van der Waals surface area contributed by atoms with Crippen LogP contribution in [0.25, 0.3) is 0 Å². The van der Waals surface area contributed by atoms with Crippen LogP contribution in [0.2, 0.25) is 0 Å². The fourth-order valence-electron chi connectivity index (χ4n) is 1.71. The molecule has 2 N–H and O–H groups in total. The van der Waals surface area contributed by atoms with E-state index in [1.165, 1.54) is 0 Å². The molecule has 0 aromatic heterocycles. The monoisotopic (exact) mass is 268 g/mol. The molecule has 0 fully saturated rings. The zero-order chi connectivity index (χ0) is 14.3. The molecule has 4 nitrogen and oxygen atoms in total. The Morgan fingerprint density at radius 2 is 1.58 bits per heavy atom. The number of nitrogens with one attached hydrogen (secondary N) is 2. The van der Waals surface area contributed by atoms with Crippen molar-refractivity contribution in [2.75, 3.05) is 13.1 Å². The first-order valence-electron chi connectivity index (χ1n) is 7.35. The summed E-state index contributed by atoms with van der Waals surface area (Å²) in [7, 11) is 0. The molecule has 0 saturated heterocycles. The fraction of sp³-hybridized carbons (Fsp3) is 0.733. The summed E-state index contributed by atoms with van der Waals surface area (Å²) in [5.41, 5.74) is 0. The van der Waals surface area contributed by atoms with Crippen LogP contribution in [0.15, 0.2) is 12.7 Å². The minimum atomic E-state index is 0.0727. The van der Waals surface area contributed by atoms with E-state index in [2.05, 4.69) is 24.1 Å². The van der Waals surface area contributed by atoms with E-state index >= 15 is 0 Å². The molecule has 0 aliphatic rings. The molecule has 0 saturated carbocycles. The third-order valence-corrected chi connectivity index (χ3v) is 2.85. The number of carbonyl (C=O) groups is 2. The highest BCUT2D eigenvalue weighted by molar-refractivity contribution is 5.76. The lowest BCUT2D eigenvalue weighted by Gasteiger charge is -2.05. The van der Waals surface area contributed by atoms with Gasteiger partial charge in [-0.25, -0.2) is 0 Å². The smallest absolute Gasteiger partial charge is 0.220 e. The van der Waals surface area contributed by atoms with Gasteiger partial charge in [-0.05, 0) is 19.3 Å². The molecule has 2 amide bonds. The zero-order valence-electron chi connectivity index (χ0n) is 12.2. The molecule has 110 valence electrons. The van der Waals surface area contributed by atoms with Crippen LogP contribution in [0.5, 0.6) is 0 Å². The van der Waals surface area contributed by atoms with Gasteiger partial charge in [0.05, 0.1) is 0 Å². The van der Waals surface area contributed by atoms with Gasteiger partial charge in [0.15, 0.2) is 0 Å². The van der Waals surface area contributed by atoms with Gasteiger partial charge < -0.3 is 10.6 Å². The second-order valence-corrected chi connectivity index (χ2v) is 4.71. The summed E-state index contributed by atoms with van der Waals surface area (Å²) < 4.78 is 0. The molecule has 0 atom stereocenters. The molecule has 0 aliphatic heterocycles. The number of rotatable bonds is 12. The maximum Gasteiger partial charge on any atom is 0.220 e. The molecule has 0 radical (unpaired) electrons. The van der Waals surface area contributed by atoms with Crippen LogP contribution in [-0.4, -0.2) is 24.9 Å². The summed E-state index contributed by atoms with van der Waals surface area (Å²) in [6.45, 7) is 6.93. The summed E-state index contributed by atoms with van der Waals surface area (Å²) in [5, 5.41) is 5.65. The highest BCUT2D eigenvalue weighted by Gasteiger charge is 2.01. The minimum Gasteiger partial charge on any atom is -0.356 e. The van der Waals surface area contributed by atoms with Gasteiger partial charge in [-0.3, -0.25) is 9.59 Å². The average Bonchev–Trinajstić information content (AvgIpc) is 2.40. The quantitative estimate of drug-likeness (QED) is 0.422. The van der Waals surface area contributed by atoms with Gasteiger partial charge in [0.1, 0.15) is 0 Å². The minimum absolute atomic E-state index is 0.0727. The Balaban J connectivity index is 3.28. The molecule has 19 heavy (non-hydrogen) atoms. The summed E-state index contributed by atoms with van der Waals surface area (Å²) in [4.78, 5) is 22.7. The van der Waals surface area contributed by atoms with E-state index in [9.17, 15) is 9.59 Å². The maximum absolute atomic E-state index is 11.4. The van der Waals surface area contributed by atoms with E-state index in [0.29, 0.717) is 19.4 Å². The van der Waals surface area contributed by atoms with E-state index in [-0.39, 0.29) is 11.8 Å². The van der Waals surface area contributed by atoms with E-state index in [4.69, 9.17) is 0 Å². The van der Waals surface area contributed by atoms with Gasteiger partial charge in [-0.15, -0.1) is 6.58 Å². The number of hydrogen-bond donors (Lipinski definition) is 2. The van der Waals surface area contributed by atoms with Crippen LogP contribution in [-0.2, 0) is 9.59 Å². The van der Waals surface area contributed by atoms with E-state index < -0.39 is 0 Å². The Kier molecular flexibility index (Phi) is 12.2. The van der Waals surface area contributed by atoms with Crippen molar-refractivity contribution >= 4 is 11.8 Å². The first-order chi connectivity index (χ1) is 9.20. The lowest BCUT2D eigenvalue weighted by Crippen LogP contribution is -2.24. The van der Waals surface area contributed by atoms with E-state index in [1.807, 2.05) is 0 Å². The molecule has 0 aromatic rings. The van der Waals surface area contributed by atoms with Crippen molar-refractivity contribution in [1.82, 2.24) is 10.6 Å². The largest absolute Gasteiger partial charge is 0.356 e. The molecule has 0 heterocycles. The third kappa shape index (κ3) is 12.9. The average molecular weight is 268 g/mol. The Morgan fingerprint density at radius 1 is 0.947 bits per heavy atom. The number of hydrogen-bond acceptors (Lipinski definition) is 2.